The Morgan fingerprint density at radius 3 is 3.09 bits per heavy atom. The fourth-order valence-corrected chi connectivity index (χ4v) is 3.36. The summed E-state index contributed by atoms with van der Waals surface area (Å²) in [6.07, 6.45) is 10.3. The fraction of sp³-hybridized carbons (Fsp3) is 0.353. The van der Waals surface area contributed by atoms with Gasteiger partial charge in [-0.3, -0.25) is 0 Å². The van der Waals surface area contributed by atoms with E-state index in [2.05, 4.69) is 44.3 Å². The molecule has 4 rings (SSSR count). The van der Waals surface area contributed by atoms with Crippen LogP contribution in [0.2, 0.25) is 0 Å². The molecule has 1 saturated heterocycles. The highest BCUT2D eigenvalue weighted by atomic mass is 15.1. The summed E-state index contributed by atoms with van der Waals surface area (Å²) < 4.78 is 0. The Morgan fingerprint density at radius 2 is 2.27 bits per heavy atom. The molecular weight excluding hydrogens is 274 g/mol. The van der Waals surface area contributed by atoms with E-state index in [4.69, 9.17) is 0 Å². The predicted molar refractivity (Wildman–Crippen MR) is 90.0 cm³/mol. The molecule has 114 valence electrons. The van der Waals surface area contributed by atoms with Crippen LogP contribution in [0.15, 0.2) is 36.9 Å². The van der Waals surface area contributed by atoms with Gasteiger partial charge in [0, 0.05) is 53.9 Å². The molecule has 3 aromatic rings. The second kappa shape index (κ2) is 5.50. The molecule has 0 aromatic carbocycles. The highest BCUT2D eigenvalue weighted by Crippen LogP contribution is 2.34. The van der Waals surface area contributed by atoms with Crippen LogP contribution in [0, 0.1) is 0 Å². The first-order valence-corrected chi connectivity index (χ1v) is 7.85. The normalized spacial score (nSPS) is 19.6. The number of pyridine rings is 1. The van der Waals surface area contributed by atoms with E-state index in [1.54, 1.807) is 0 Å². The number of H-pyrrole nitrogens is 2. The zero-order valence-electron chi connectivity index (χ0n) is 12.8. The lowest BCUT2D eigenvalue weighted by Gasteiger charge is -2.31. The molecule has 0 unspecified atom stereocenters. The molecule has 0 aliphatic carbocycles. The van der Waals surface area contributed by atoms with Crippen LogP contribution in [0.5, 0.6) is 0 Å². The Bertz CT molecular complexity index is 759. The Morgan fingerprint density at radius 1 is 1.32 bits per heavy atom. The third-order valence-corrected chi connectivity index (χ3v) is 4.47. The van der Waals surface area contributed by atoms with Crippen LogP contribution in [0.3, 0.4) is 0 Å². The number of likely N-dealkylation sites (N-methyl/N-ethyl adjacent to an activating group) is 1. The van der Waals surface area contributed by atoms with Gasteiger partial charge >= 0.3 is 0 Å². The third-order valence-electron chi connectivity index (χ3n) is 4.47. The molecule has 0 bridgehead atoms. The molecule has 22 heavy (non-hydrogen) atoms. The number of likely N-dealkylation sites (tertiary alicyclic amines) is 1. The molecule has 1 fully saturated rings. The second-order valence-corrected chi connectivity index (χ2v) is 6.13. The van der Waals surface area contributed by atoms with Crippen LogP contribution < -0.4 is 5.32 Å². The number of fused-ring (bicyclic) bond motifs is 1. The van der Waals surface area contributed by atoms with Crippen molar-refractivity contribution in [2.45, 2.75) is 18.9 Å². The van der Waals surface area contributed by atoms with Gasteiger partial charge in [0.25, 0.3) is 0 Å². The Hall–Kier alpha value is -2.27. The predicted octanol–water partition coefficient (Wildman–Crippen LogP) is 3.06. The lowest BCUT2D eigenvalue weighted by molar-refractivity contribution is 0.261. The van der Waals surface area contributed by atoms with Gasteiger partial charge in [0.05, 0.1) is 5.69 Å². The maximum Gasteiger partial charge on any atom is 0.139 e. The van der Waals surface area contributed by atoms with Gasteiger partial charge in [0.1, 0.15) is 5.65 Å². The summed E-state index contributed by atoms with van der Waals surface area (Å²) in [6, 6.07) is 4.68. The van der Waals surface area contributed by atoms with Gasteiger partial charge in [-0.2, -0.15) is 0 Å². The zero-order chi connectivity index (χ0) is 14.9. The van der Waals surface area contributed by atoms with Crippen molar-refractivity contribution in [2.75, 3.05) is 25.5 Å². The summed E-state index contributed by atoms with van der Waals surface area (Å²) in [5.41, 5.74) is 4.45. The molecule has 0 radical (unpaired) electrons. The second-order valence-electron chi connectivity index (χ2n) is 6.13. The van der Waals surface area contributed by atoms with Crippen molar-refractivity contribution in [1.29, 1.82) is 0 Å². The Balaban J connectivity index is 1.76. The van der Waals surface area contributed by atoms with Crippen molar-refractivity contribution in [3.05, 3.63) is 36.9 Å². The fourth-order valence-electron chi connectivity index (χ4n) is 3.36. The molecule has 0 saturated carbocycles. The van der Waals surface area contributed by atoms with E-state index >= 15 is 0 Å². The molecule has 0 amide bonds. The van der Waals surface area contributed by atoms with Crippen molar-refractivity contribution in [1.82, 2.24) is 19.9 Å². The van der Waals surface area contributed by atoms with Crippen LogP contribution in [0.4, 0.5) is 5.69 Å². The number of aromatic nitrogens is 3. The first kappa shape index (κ1) is 13.4. The first-order chi connectivity index (χ1) is 10.8. The molecule has 1 atom stereocenters. The molecule has 3 N–H and O–H groups in total. The average molecular weight is 295 g/mol. The summed E-state index contributed by atoms with van der Waals surface area (Å²) in [5.74, 6) is 0. The van der Waals surface area contributed by atoms with Crippen LogP contribution >= 0.6 is 0 Å². The smallest absolute Gasteiger partial charge is 0.139 e. The maximum atomic E-state index is 4.55. The Kier molecular flexibility index (Phi) is 3.35. The lowest BCUT2D eigenvalue weighted by Crippen LogP contribution is -2.39. The van der Waals surface area contributed by atoms with Crippen LogP contribution in [0.1, 0.15) is 12.8 Å². The van der Waals surface area contributed by atoms with Crippen molar-refractivity contribution in [3.8, 4) is 11.1 Å². The van der Waals surface area contributed by atoms with Gasteiger partial charge in [0.15, 0.2) is 0 Å². The van der Waals surface area contributed by atoms with E-state index in [0.717, 1.165) is 23.1 Å². The van der Waals surface area contributed by atoms with E-state index in [9.17, 15) is 0 Å². The molecule has 5 nitrogen and oxygen atoms in total. The van der Waals surface area contributed by atoms with Crippen molar-refractivity contribution >= 4 is 16.7 Å². The van der Waals surface area contributed by atoms with Crippen molar-refractivity contribution < 1.29 is 0 Å². The van der Waals surface area contributed by atoms with Crippen LogP contribution in [0.25, 0.3) is 22.2 Å². The highest BCUT2D eigenvalue weighted by Gasteiger charge is 2.20. The molecule has 5 heteroatoms. The summed E-state index contributed by atoms with van der Waals surface area (Å²) >= 11 is 0. The number of rotatable bonds is 3. The number of hydrogen-bond acceptors (Lipinski definition) is 3. The number of aromatic amines is 2. The minimum absolute atomic E-state index is 0.483. The summed E-state index contributed by atoms with van der Waals surface area (Å²) in [5, 5.41) is 4.94. The average Bonchev–Trinajstić information content (AvgIpc) is 3.19. The van der Waals surface area contributed by atoms with E-state index in [0.29, 0.717) is 6.04 Å². The topological polar surface area (TPSA) is 59.7 Å². The Labute approximate surface area is 129 Å². The first-order valence-electron chi connectivity index (χ1n) is 7.85. The summed E-state index contributed by atoms with van der Waals surface area (Å²) in [6.45, 7) is 2.28. The number of piperidine rings is 1. The zero-order valence-corrected chi connectivity index (χ0v) is 12.8. The van der Waals surface area contributed by atoms with E-state index < -0.39 is 0 Å². The molecule has 3 aromatic heterocycles. The number of hydrogen-bond donors (Lipinski definition) is 3. The standard InChI is InChI=1S/C17H21N5/c1-22-8-2-3-13(11-22)21-16-14-5-7-19-17(14)20-10-15(16)12-4-6-18-9-12/h4-7,9-10,13,18H,2-3,8,11H2,1H3,(H2,19,20,21)/t13-/m1/s1. The van der Waals surface area contributed by atoms with E-state index in [-0.39, 0.29) is 0 Å². The van der Waals surface area contributed by atoms with E-state index in [1.165, 1.54) is 30.6 Å². The van der Waals surface area contributed by atoms with E-state index in [1.807, 2.05) is 24.8 Å². The van der Waals surface area contributed by atoms with Gasteiger partial charge in [0.2, 0.25) is 0 Å². The minimum Gasteiger partial charge on any atom is -0.380 e. The van der Waals surface area contributed by atoms with Crippen molar-refractivity contribution in [3.63, 3.8) is 0 Å². The molecule has 1 aliphatic heterocycles. The van der Waals surface area contributed by atoms with Gasteiger partial charge < -0.3 is 20.2 Å². The lowest BCUT2D eigenvalue weighted by atomic mass is 10.0. The quantitative estimate of drug-likeness (QED) is 0.696. The summed E-state index contributed by atoms with van der Waals surface area (Å²) in [4.78, 5) is 13.3. The number of nitrogens with zero attached hydrogens (tertiary/aromatic N) is 2. The third kappa shape index (κ3) is 2.37. The highest BCUT2D eigenvalue weighted by molar-refractivity contribution is 5.98. The number of anilines is 1. The van der Waals surface area contributed by atoms with Crippen LogP contribution in [-0.4, -0.2) is 46.0 Å². The van der Waals surface area contributed by atoms with Crippen molar-refractivity contribution in [2.24, 2.45) is 0 Å². The summed E-state index contributed by atoms with van der Waals surface area (Å²) in [7, 11) is 2.19. The van der Waals surface area contributed by atoms with Gasteiger partial charge in [-0.15, -0.1) is 0 Å². The molecular formula is C17H21N5. The number of nitrogens with one attached hydrogen (secondary N) is 3. The minimum atomic E-state index is 0.483. The monoisotopic (exact) mass is 295 g/mol. The van der Waals surface area contributed by atoms with Crippen LogP contribution in [-0.2, 0) is 0 Å². The maximum absolute atomic E-state index is 4.55. The molecule has 0 spiro atoms. The van der Waals surface area contributed by atoms with Gasteiger partial charge in [-0.05, 0) is 38.6 Å². The SMILES string of the molecule is CN1CCC[C@@H](Nc2c(-c3cc[nH]c3)cnc3[nH]ccc23)C1. The molecule has 4 heterocycles. The van der Waals surface area contributed by atoms with Gasteiger partial charge in [-0.25, -0.2) is 4.98 Å². The van der Waals surface area contributed by atoms with Gasteiger partial charge in [-0.1, -0.05) is 0 Å². The largest absolute Gasteiger partial charge is 0.380 e. The molecule has 1 aliphatic rings.